The van der Waals surface area contributed by atoms with Crippen LogP contribution in [0.1, 0.15) is 5.56 Å². The summed E-state index contributed by atoms with van der Waals surface area (Å²) in [6, 6.07) is 13.9. The molecule has 0 aliphatic rings. The Hall–Kier alpha value is -1.48. The van der Waals surface area contributed by atoms with Crippen molar-refractivity contribution in [1.29, 1.82) is 0 Å². The van der Waals surface area contributed by atoms with Gasteiger partial charge in [-0.15, -0.1) is 0 Å². The molecule has 3 N–H and O–H groups in total. The van der Waals surface area contributed by atoms with Gasteiger partial charge in [0.25, 0.3) is 0 Å². The number of aryl methyl sites for hydroxylation is 1. The van der Waals surface area contributed by atoms with E-state index in [1.54, 1.807) is 0 Å². The summed E-state index contributed by atoms with van der Waals surface area (Å²) in [6.45, 7) is 2.06. The molecule has 0 aliphatic heterocycles. The highest BCUT2D eigenvalue weighted by molar-refractivity contribution is 9.10. The molecule has 2 aromatic rings. The average Bonchev–Trinajstić information content (AvgIpc) is 2.25. The standard InChI is InChI=1S/C13H13BrN2/c1-9-6-7-12(10(14)8-9)16-13-5-3-2-4-11(13)15/h2-8,16H,15H2,1H3. The summed E-state index contributed by atoms with van der Waals surface area (Å²) < 4.78 is 1.04. The molecule has 0 heterocycles. The van der Waals surface area contributed by atoms with Crippen molar-refractivity contribution in [3.8, 4) is 0 Å². The number of nitrogens with two attached hydrogens (primary N) is 1. The highest BCUT2D eigenvalue weighted by atomic mass is 79.9. The third kappa shape index (κ3) is 2.36. The molecule has 82 valence electrons. The maximum Gasteiger partial charge on any atom is 0.0618 e. The molecule has 0 bridgehead atoms. The molecule has 0 aliphatic carbocycles. The lowest BCUT2D eigenvalue weighted by Crippen LogP contribution is -1.96. The quantitative estimate of drug-likeness (QED) is 0.811. The number of nitrogens with one attached hydrogen (secondary N) is 1. The van der Waals surface area contributed by atoms with Crippen molar-refractivity contribution in [3.63, 3.8) is 0 Å². The van der Waals surface area contributed by atoms with Gasteiger partial charge in [0.2, 0.25) is 0 Å². The van der Waals surface area contributed by atoms with Crippen LogP contribution in [0.25, 0.3) is 0 Å². The smallest absolute Gasteiger partial charge is 0.0618 e. The van der Waals surface area contributed by atoms with Gasteiger partial charge in [-0.3, -0.25) is 0 Å². The number of anilines is 3. The molecule has 2 nitrogen and oxygen atoms in total. The predicted octanol–water partition coefficient (Wildman–Crippen LogP) is 4.08. The van der Waals surface area contributed by atoms with E-state index in [0.717, 1.165) is 21.5 Å². The fourth-order valence-corrected chi connectivity index (χ4v) is 2.07. The van der Waals surface area contributed by atoms with Crippen molar-refractivity contribution in [2.45, 2.75) is 6.92 Å². The van der Waals surface area contributed by atoms with Crippen molar-refractivity contribution < 1.29 is 0 Å². The molecule has 0 spiro atoms. The van der Waals surface area contributed by atoms with Crippen LogP contribution in [0.2, 0.25) is 0 Å². The van der Waals surface area contributed by atoms with E-state index < -0.39 is 0 Å². The lowest BCUT2D eigenvalue weighted by Gasteiger charge is -2.11. The molecule has 0 aromatic heterocycles. The van der Waals surface area contributed by atoms with Gasteiger partial charge in [-0.2, -0.15) is 0 Å². The van der Waals surface area contributed by atoms with Crippen LogP contribution in [-0.2, 0) is 0 Å². The SMILES string of the molecule is Cc1ccc(Nc2ccccc2N)c(Br)c1. The summed E-state index contributed by atoms with van der Waals surface area (Å²) in [5.74, 6) is 0. The third-order valence-corrected chi connectivity index (χ3v) is 3.01. The van der Waals surface area contributed by atoms with Gasteiger partial charge in [0.15, 0.2) is 0 Å². The highest BCUT2D eigenvalue weighted by Gasteiger charge is 2.02. The van der Waals surface area contributed by atoms with E-state index in [9.17, 15) is 0 Å². The van der Waals surface area contributed by atoms with Gasteiger partial charge in [0.05, 0.1) is 17.1 Å². The summed E-state index contributed by atoms with van der Waals surface area (Å²) in [5.41, 5.74) is 9.78. The van der Waals surface area contributed by atoms with Gasteiger partial charge >= 0.3 is 0 Å². The minimum absolute atomic E-state index is 0.745. The molecule has 0 fully saturated rings. The first-order valence-electron chi connectivity index (χ1n) is 5.04. The largest absolute Gasteiger partial charge is 0.397 e. The summed E-state index contributed by atoms with van der Waals surface area (Å²) in [6.07, 6.45) is 0. The van der Waals surface area contributed by atoms with E-state index in [0.29, 0.717) is 0 Å². The predicted molar refractivity (Wildman–Crippen MR) is 73.0 cm³/mol. The molecule has 2 rings (SSSR count). The number of hydrogen-bond acceptors (Lipinski definition) is 2. The fourth-order valence-electron chi connectivity index (χ4n) is 1.48. The van der Waals surface area contributed by atoms with Crippen LogP contribution in [0.3, 0.4) is 0 Å². The van der Waals surface area contributed by atoms with Crippen LogP contribution in [-0.4, -0.2) is 0 Å². The van der Waals surface area contributed by atoms with Crippen molar-refractivity contribution >= 4 is 33.0 Å². The van der Waals surface area contributed by atoms with Gasteiger partial charge in [0, 0.05) is 4.47 Å². The van der Waals surface area contributed by atoms with Crippen molar-refractivity contribution in [2.24, 2.45) is 0 Å². The number of benzene rings is 2. The van der Waals surface area contributed by atoms with Crippen LogP contribution in [0.15, 0.2) is 46.9 Å². The number of para-hydroxylation sites is 2. The second kappa shape index (κ2) is 4.58. The molecule has 0 atom stereocenters. The van der Waals surface area contributed by atoms with Gasteiger partial charge in [0.1, 0.15) is 0 Å². The lowest BCUT2D eigenvalue weighted by molar-refractivity contribution is 1.43. The van der Waals surface area contributed by atoms with E-state index in [-0.39, 0.29) is 0 Å². The Morgan fingerprint density at radius 3 is 2.50 bits per heavy atom. The van der Waals surface area contributed by atoms with Crippen LogP contribution in [0.4, 0.5) is 17.1 Å². The second-order valence-corrected chi connectivity index (χ2v) is 4.55. The Labute approximate surface area is 104 Å². The Balaban J connectivity index is 2.31. The van der Waals surface area contributed by atoms with Crippen molar-refractivity contribution in [3.05, 3.63) is 52.5 Å². The van der Waals surface area contributed by atoms with E-state index >= 15 is 0 Å². The van der Waals surface area contributed by atoms with Crippen LogP contribution in [0, 0.1) is 6.92 Å². The third-order valence-electron chi connectivity index (χ3n) is 2.35. The van der Waals surface area contributed by atoms with E-state index in [1.807, 2.05) is 30.3 Å². The van der Waals surface area contributed by atoms with Crippen LogP contribution < -0.4 is 11.1 Å². The maximum atomic E-state index is 5.87. The zero-order valence-corrected chi connectivity index (χ0v) is 10.6. The van der Waals surface area contributed by atoms with Crippen molar-refractivity contribution in [1.82, 2.24) is 0 Å². The molecule has 0 saturated heterocycles. The molecule has 0 saturated carbocycles. The van der Waals surface area contributed by atoms with E-state index in [2.05, 4.69) is 40.3 Å². The molecule has 0 amide bonds. The zero-order chi connectivity index (χ0) is 11.5. The lowest BCUT2D eigenvalue weighted by atomic mass is 10.2. The zero-order valence-electron chi connectivity index (χ0n) is 9.00. The monoisotopic (exact) mass is 276 g/mol. The van der Waals surface area contributed by atoms with E-state index in [1.165, 1.54) is 5.56 Å². The summed E-state index contributed by atoms with van der Waals surface area (Å²) in [4.78, 5) is 0. The molecule has 0 radical (unpaired) electrons. The highest BCUT2D eigenvalue weighted by Crippen LogP contribution is 2.29. The molecular weight excluding hydrogens is 264 g/mol. The number of halogens is 1. The molecule has 16 heavy (non-hydrogen) atoms. The second-order valence-electron chi connectivity index (χ2n) is 3.70. The number of nitrogen functional groups attached to an aromatic ring is 1. The first kappa shape index (κ1) is 11.0. The normalized spacial score (nSPS) is 10.1. The Bertz CT molecular complexity index is 509. The van der Waals surface area contributed by atoms with Gasteiger partial charge < -0.3 is 11.1 Å². The van der Waals surface area contributed by atoms with Gasteiger partial charge in [-0.1, -0.05) is 18.2 Å². The van der Waals surface area contributed by atoms with E-state index in [4.69, 9.17) is 5.73 Å². The first-order valence-corrected chi connectivity index (χ1v) is 5.84. The average molecular weight is 277 g/mol. The van der Waals surface area contributed by atoms with Gasteiger partial charge in [-0.05, 0) is 52.7 Å². The molecule has 3 heteroatoms. The van der Waals surface area contributed by atoms with Crippen LogP contribution >= 0.6 is 15.9 Å². The minimum atomic E-state index is 0.745. The molecule has 0 unspecified atom stereocenters. The fraction of sp³-hybridized carbons (Fsp3) is 0.0769. The number of hydrogen-bond donors (Lipinski definition) is 2. The molecule has 2 aromatic carbocycles. The number of rotatable bonds is 2. The Morgan fingerprint density at radius 2 is 1.81 bits per heavy atom. The van der Waals surface area contributed by atoms with Crippen LogP contribution in [0.5, 0.6) is 0 Å². The molecular formula is C13H13BrN2. The topological polar surface area (TPSA) is 38.0 Å². The van der Waals surface area contributed by atoms with Gasteiger partial charge in [-0.25, -0.2) is 0 Å². The Kier molecular flexibility index (Phi) is 3.15. The minimum Gasteiger partial charge on any atom is -0.397 e. The Morgan fingerprint density at radius 1 is 1.06 bits per heavy atom. The maximum absolute atomic E-state index is 5.87. The van der Waals surface area contributed by atoms with Crippen molar-refractivity contribution in [2.75, 3.05) is 11.1 Å². The summed E-state index contributed by atoms with van der Waals surface area (Å²) in [7, 11) is 0. The first-order chi connectivity index (χ1) is 7.66. The summed E-state index contributed by atoms with van der Waals surface area (Å²) >= 11 is 3.53. The summed E-state index contributed by atoms with van der Waals surface area (Å²) in [5, 5.41) is 3.30.